The predicted molar refractivity (Wildman–Crippen MR) is 95.3 cm³/mol. The molecule has 0 aliphatic carbocycles. The molecule has 0 spiro atoms. The molecule has 3 aromatic rings. The topological polar surface area (TPSA) is 93.2 Å². The van der Waals surface area contributed by atoms with Gasteiger partial charge in [-0.05, 0) is 32.0 Å². The maximum absolute atomic E-state index is 12.1. The fraction of sp³-hybridized carbons (Fsp3) is 0.312. The van der Waals surface area contributed by atoms with Crippen LogP contribution in [0, 0.1) is 6.92 Å². The third kappa shape index (κ3) is 3.50. The van der Waals surface area contributed by atoms with E-state index in [-0.39, 0.29) is 12.0 Å². The number of azo groups is 1. The highest BCUT2D eigenvalue weighted by atomic mass is 32.1. The third-order valence-electron chi connectivity index (χ3n) is 3.36. The van der Waals surface area contributed by atoms with Gasteiger partial charge in [-0.2, -0.15) is 4.98 Å². The number of hydrogen-bond donors (Lipinski definition) is 0. The van der Waals surface area contributed by atoms with Crippen LogP contribution in [0.2, 0.25) is 0 Å². The molecular weight excluding hydrogens is 342 g/mol. The highest BCUT2D eigenvalue weighted by Gasteiger charge is 2.17. The second-order valence-corrected chi connectivity index (χ2v) is 6.45. The lowest BCUT2D eigenvalue weighted by atomic mass is 10.2. The van der Waals surface area contributed by atoms with E-state index < -0.39 is 0 Å². The maximum atomic E-state index is 12.1. The Morgan fingerprint density at radius 1 is 1.36 bits per heavy atom. The van der Waals surface area contributed by atoms with Crippen molar-refractivity contribution >= 4 is 44.8 Å². The number of carbonyl (C=O) groups is 1. The number of hydrogen-bond acceptors (Lipinski definition) is 9. The van der Waals surface area contributed by atoms with E-state index in [0.717, 1.165) is 15.8 Å². The van der Waals surface area contributed by atoms with Gasteiger partial charge in [-0.15, -0.1) is 16.5 Å². The average Bonchev–Trinajstić information content (AvgIpc) is 3.19. The van der Waals surface area contributed by atoms with Crippen molar-refractivity contribution in [3.8, 4) is 0 Å². The van der Waals surface area contributed by atoms with Crippen LogP contribution in [0.5, 0.6) is 0 Å². The zero-order valence-corrected chi connectivity index (χ0v) is 15.1. The molecule has 0 saturated heterocycles. The second kappa shape index (κ2) is 6.98. The lowest BCUT2D eigenvalue weighted by Crippen LogP contribution is -2.08. The normalized spacial score (nSPS) is 11.4. The molecule has 0 radical (unpaired) electrons. The van der Waals surface area contributed by atoms with E-state index >= 15 is 0 Å². The molecule has 0 N–H and O–H groups in total. The monoisotopic (exact) mass is 359 g/mol. The van der Waals surface area contributed by atoms with Crippen molar-refractivity contribution in [3.63, 3.8) is 0 Å². The molecule has 0 saturated carbocycles. The van der Waals surface area contributed by atoms with Crippen LogP contribution < -0.4 is 4.90 Å². The highest BCUT2D eigenvalue weighted by molar-refractivity contribution is 7.21. The molecule has 0 atom stereocenters. The first-order valence-corrected chi connectivity index (χ1v) is 8.44. The number of ether oxygens (including phenoxy) is 1. The Kier molecular flexibility index (Phi) is 4.75. The van der Waals surface area contributed by atoms with Crippen LogP contribution in [0.4, 0.5) is 17.4 Å². The van der Waals surface area contributed by atoms with Crippen LogP contribution in [-0.4, -0.2) is 36.8 Å². The zero-order valence-electron chi connectivity index (χ0n) is 14.3. The summed E-state index contributed by atoms with van der Waals surface area (Å²) in [5.41, 5.74) is 1.60. The van der Waals surface area contributed by atoms with Gasteiger partial charge in [-0.25, -0.2) is 4.79 Å². The Hall–Kier alpha value is -2.81. The van der Waals surface area contributed by atoms with Gasteiger partial charge in [0.15, 0.2) is 5.82 Å². The minimum atomic E-state index is -0.344. The maximum Gasteiger partial charge on any atom is 0.366 e. The van der Waals surface area contributed by atoms with Gasteiger partial charge in [0.25, 0.3) is 0 Å². The summed E-state index contributed by atoms with van der Waals surface area (Å²) in [6.45, 7) is 3.82. The van der Waals surface area contributed by atoms with Crippen LogP contribution in [0.1, 0.15) is 22.4 Å². The Bertz CT molecular complexity index is 945. The molecule has 0 unspecified atom stereocenters. The molecule has 0 fully saturated rings. The van der Waals surface area contributed by atoms with Gasteiger partial charge in [0.05, 0.1) is 11.3 Å². The standard InChI is InChI=1S/C16H17N5O3S/c1-5-23-15(22)13-8-10-12(21(3)4)7-6-11(14(10)25-13)18-19-16-17-9(2)20-24-16/h6-8H,5H2,1-4H3/b19-18+. The van der Waals surface area contributed by atoms with Crippen molar-refractivity contribution in [2.24, 2.45) is 10.2 Å². The number of thiophene rings is 1. The van der Waals surface area contributed by atoms with Crippen molar-refractivity contribution in [2.75, 3.05) is 25.6 Å². The molecule has 0 bridgehead atoms. The summed E-state index contributed by atoms with van der Waals surface area (Å²) in [6, 6.07) is 5.68. The van der Waals surface area contributed by atoms with E-state index in [1.54, 1.807) is 13.8 Å². The fourth-order valence-corrected chi connectivity index (χ4v) is 3.32. The minimum absolute atomic E-state index is 0.0875. The number of nitrogens with zero attached hydrogens (tertiary/aromatic N) is 5. The third-order valence-corrected chi connectivity index (χ3v) is 4.50. The molecule has 9 heteroatoms. The Balaban J connectivity index is 2.07. The van der Waals surface area contributed by atoms with Crippen LogP contribution >= 0.6 is 11.3 Å². The van der Waals surface area contributed by atoms with E-state index in [1.165, 1.54) is 11.3 Å². The number of carbonyl (C=O) groups excluding carboxylic acids is 1. The van der Waals surface area contributed by atoms with E-state index in [9.17, 15) is 4.79 Å². The molecule has 0 aliphatic rings. The summed E-state index contributed by atoms with van der Waals surface area (Å²) in [4.78, 5) is 18.6. The number of aryl methyl sites for hydroxylation is 1. The van der Waals surface area contributed by atoms with Gasteiger partial charge in [0.1, 0.15) is 10.6 Å². The summed E-state index contributed by atoms with van der Waals surface area (Å²) in [6.07, 6.45) is 0. The van der Waals surface area contributed by atoms with Gasteiger partial charge in [0, 0.05) is 25.2 Å². The number of esters is 1. The summed E-state index contributed by atoms with van der Waals surface area (Å²) in [5, 5.41) is 12.8. The van der Waals surface area contributed by atoms with E-state index in [2.05, 4.69) is 20.4 Å². The van der Waals surface area contributed by atoms with Crippen molar-refractivity contribution in [3.05, 3.63) is 28.9 Å². The molecule has 3 rings (SSSR count). The lowest BCUT2D eigenvalue weighted by molar-refractivity contribution is 0.0532. The van der Waals surface area contributed by atoms with Crippen molar-refractivity contribution in [1.82, 2.24) is 10.1 Å². The Morgan fingerprint density at radius 2 is 2.16 bits per heavy atom. The van der Waals surface area contributed by atoms with E-state index in [4.69, 9.17) is 9.26 Å². The quantitative estimate of drug-likeness (QED) is 0.499. The molecule has 2 aromatic heterocycles. The van der Waals surface area contributed by atoms with Gasteiger partial charge < -0.3 is 14.2 Å². The first-order chi connectivity index (χ1) is 12.0. The number of aromatic nitrogens is 2. The minimum Gasteiger partial charge on any atom is -0.462 e. The van der Waals surface area contributed by atoms with Crippen LogP contribution in [0.3, 0.4) is 0 Å². The van der Waals surface area contributed by atoms with Gasteiger partial charge in [-0.1, -0.05) is 10.3 Å². The molecule has 1 aromatic carbocycles. The lowest BCUT2D eigenvalue weighted by Gasteiger charge is -2.13. The van der Waals surface area contributed by atoms with E-state index in [1.807, 2.05) is 37.2 Å². The first kappa shape index (κ1) is 17.0. The van der Waals surface area contributed by atoms with Gasteiger partial charge in [0.2, 0.25) is 0 Å². The van der Waals surface area contributed by atoms with Crippen LogP contribution in [0.25, 0.3) is 10.1 Å². The molecule has 130 valence electrons. The van der Waals surface area contributed by atoms with Crippen LogP contribution in [0.15, 0.2) is 33.0 Å². The Labute approximate surface area is 148 Å². The second-order valence-electron chi connectivity index (χ2n) is 5.40. The van der Waals surface area contributed by atoms with Crippen molar-refractivity contribution in [2.45, 2.75) is 13.8 Å². The summed E-state index contributed by atoms with van der Waals surface area (Å²) >= 11 is 1.32. The Morgan fingerprint density at radius 3 is 2.80 bits per heavy atom. The largest absolute Gasteiger partial charge is 0.462 e. The number of benzene rings is 1. The van der Waals surface area contributed by atoms with Crippen molar-refractivity contribution in [1.29, 1.82) is 0 Å². The van der Waals surface area contributed by atoms with Crippen molar-refractivity contribution < 1.29 is 14.1 Å². The number of anilines is 1. The van der Waals surface area contributed by atoms with E-state index in [0.29, 0.717) is 23.0 Å². The fourth-order valence-electron chi connectivity index (χ4n) is 2.29. The predicted octanol–water partition coefficient (Wildman–Crippen LogP) is 4.25. The summed E-state index contributed by atoms with van der Waals surface area (Å²) < 4.78 is 10.9. The highest BCUT2D eigenvalue weighted by Crippen LogP contribution is 2.40. The first-order valence-electron chi connectivity index (χ1n) is 7.62. The molecule has 0 aliphatic heterocycles. The molecule has 2 heterocycles. The number of fused-ring (bicyclic) bond motifs is 1. The summed E-state index contributed by atoms with van der Waals surface area (Å²) in [5.74, 6) is 0.145. The average molecular weight is 359 g/mol. The van der Waals surface area contributed by atoms with Crippen LogP contribution in [-0.2, 0) is 4.74 Å². The SMILES string of the molecule is CCOC(=O)c1cc2c(N(C)C)ccc(/N=N/c3nc(C)no3)c2s1. The smallest absolute Gasteiger partial charge is 0.366 e. The zero-order chi connectivity index (χ0) is 18.0. The molecule has 25 heavy (non-hydrogen) atoms. The number of rotatable bonds is 5. The molecular formula is C16H17N5O3S. The molecule has 0 amide bonds. The van der Waals surface area contributed by atoms with Gasteiger partial charge >= 0.3 is 12.0 Å². The summed E-state index contributed by atoms with van der Waals surface area (Å²) in [7, 11) is 3.89. The molecule has 8 nitrogen and oxygen atoms in total. The van der Waals surface area contributed by atoms with Gasteiger partial charge in [-0.3, -0.25) is 0 Å².